The fourth-order valence-electron chi connectivity index (χ4n) is 4.40. The Balaban J connectivity index is 1.97. The van der Waals surface area contributed by atoms with Crippen LogP contribution in [0.5, 0.6) is 0 Å². The smallest absolute Gasteiger partial charge is 0.433 e. The summed E-state index contributed by atoms with van der Waals surface area (Å²) in [4.78, 5) is 41.9. The first kappa shape index (κ1) is 28.8. The fourth-order valence-corrected chi connectivity index (χ4v) is 4.97. The Kier molecular flexibility index (Phi) is 8.53. The van der Waals surface area contributed by atoms with Crippen LogP contribution in [0.4, 0.5) is 17.6 Å². The molecule has 8 nitrogen and oxygen atoms in total. The number of nitrogens with zero attached hydrogens (tertiary/aromatic N) is 4. The van der Waals surface area contributed by atoms with Gasteiger partial charge >= 0.3 is 12.1 Å². The van der Waals surface area contributed by atoms with Crippen LogP contribution in [0.2, 0.25) is 10.0 Å². The van der Waals surface area contributed by atoms with Gasteiger partial charge in [-0.05, 0) is 39.5 Å². The second-order valence-corrected chi connectivity index (χ2v) is 10.3. The third-order valence-electron chi connectivity index (χ3n) is 6.01. The predicted octanol–water partition coefficient (Wildman–Crippen LogP) is 5.49. The van der Waals surface area contributed by atoms with Crippen molar-refractivity contribution in [2.75, 3.05) is 13.1 Å². The molecular formula is C23H24Cl2F4N4O4. The normalized spacial score (nSPS) is 18.5. The van der Waals surface area contributed by atoms with Gasteiger partial charge in [-0.25, -0.2) is 4.39 Å². The monoisotopic (exact) mass is 566 g/mol. The molecule has 0 aliphatic heterocycles. The molecule has 1 aliphatic carbocycles. The molecule has 14 heteroatoms. The van der Waals surface area contributed by atoms with Crippen LogP contribution < -0.4 is 0 Å². The molecule has 0 aromatic carbocycles. The summed E-state index contributed by atoms with van der Waals surface area (Å²) in [6.45, 7) is 0.713. The number of hydrogen-bond acceptors (Lipinski definition) is 5. The highest BCUT2D eigenvalue weighted by molar-refractivity contribution is 6.39. The molecule has 0 unspecified atom stereocenters. The number of amides is 1. The van der Waals surface area contributed by atoms with E-state index in [0.717, 1.165) is 32.4 Å². The number of carbonyl (C=O) groups excluding carboxylic acids is 2. The van der Waals surface area contributed by atoms with E-state index in [1.165, 1.54) is 0 Å². The average molecular weight is 567 g/mol. The lowest BCUT2D eigenvalue weighted by Crippen LogP contribution is -2.43. The van der Waals surface area contributed by atoms with Crippen molar-refractivity contribution in [2.45, 2.75) is 57.4 Å². The summed E-state index contributed by atoms with van der Waals surface area (Å²) in [5.74, 6) is -3.75. The van der Waals surface area contributed by atoms with Crippen LogP contribution >= 0.6 is 23.2 Å². The lowest BCUT2D eigenvalue weighted by atomic mass is 9.86. The van der Waals surface area contributed by atoms with Gasteiger partial charge in [-0.3, -0.25) is 24.0 Å². The molecule has 37 heavy (non-hydrogen) atoms. The van der Waals surface area contributed by atoms with E-state index in [2.05, 4.69) is 10.1 Å². The number of carboxylic acids is 1. The highest BCUT2D eigenvalue weighted by atomic mass is 35.5. The van der Waals surface area contributed by atoms with E-state index in [4.69, 9.17) is 28.3 Å². The molecular weight excluding hydrogens is 543 g/mol. The Labute approximate surface area is 219 Å². The van der Waals surface area contributed by atoms with Crippen LogP contribution in [0.15, 0.2) is 18.6 Å². The van der Waals surface area contributed by atoms with E-state index in [1.54, 1.807) is 0 Å². The first-order valence-electron chi connectivity index (χ1n) is 11.3. The second-order valence-electron chi connectivity index (χ2n) is 9.47. The topological polar surface area (TPSA) is 105 Å². The van der Waals surface area contributed by atoms with E-state index < -0.39 is 65.8 Å². The van der Waals surface area contributed by atoms with E-state index in [-0.39, 0.29) is 41.3 Å². The van der Waals surface area contributed by atoms with Gasteiger partial charge in [-0.15, -0.1) is 0 Å². The summed E-state index contributed by atoms with van der Waals surface area (Å²) < 4.78 is 57.8. The molecule has 0 spiro atoms. The maximum Gasteiger partial charge on any atom is 0.433 e. The molecule has 1 N–H and O–H groups in total. The molecule has 1 fully saturated rings. The van der Waals surface area contributed by atoms with Crippen LogP contribution in [0.25, 0.3) is 0 Å². The maximum absolute atomic E-state index is 14.6. The molecule has 1 saturated carbocycles. The molecule has 1 aliphatic rings. The minimum atomic E-state index is -5.01. The molecule has 0 atom stereocenters. The fraction of sp³-hybridized carbons (Fsp3) is 0.522. The lowest BCUT2D eigenvalue weighted by molar-refractivity contribution is -0.147. The third-order valence-corrected chi connectivity index (χ3v) is 6.58. The summed E-state index contributed by atoms with van der Waals surface area (Å²) in [6, 6.07) is -0.782. The minimum absolute atomic E-state index is 0.119. The minimum Gasteiger partial charge on any atom is -0.481 e. The zero-order valence-electron chi connectivity index (χ0n) is 19.9. The van der Waals surface area contributed by atoms with Gasteiger partial charge in [0.2, 0.25) is 0 Å². The zero-order valence-corrected chi connectivity index (χ0v) is 21.4. The van der Waals surface area contributed by atoms with Crippen LogP contribution in [-0.2, 0) is 11.0 Å². The number of rotatable bonds is 8. The molecule has 202 valence electrons. The molecule has 3 rings (SSSR count). The maximum atomic E-state index is 14.6. The first-order valence-corrected chi connectivity index (χ1v) is 12.0. The molecule has 2 heterocycles. The van der Waals surface area contributed by atoms with Crippen LogP contribution in [0.1, 0.15) is 72.0 Å². The Hall–Kier alpha value is -2.73. The van der Waals surface area contributed by atoms with Crippen molar-refractivity contribution in [1.29, 1.82) is 0 Å². The van der Waals surface area contributed by atoms with Gasteiger partial charge in [0.15, 0.2) is 11.5 Å². The molecule has 0 radical (unpaired) electrons. The van der Waals surface area contributed by atoms with Crippen molar-refractivity contribution in [3.8, 4) is 0 Å². The van der Waals surface area contributed by atoms with Crippen LogP contribution in [0, 0.1) is 5.92 Å². The Morgan fingerprint density at radius 3 is 2.11 bits per heavy atom. The summed E-state index contributed by atoms with van der Waals surface area (Å²) in [5.41, 5.74) is -4.46. The van der Waals surface area contributed by atoms with E-state index in [1.807, 2.05) is 0 Å². The number of pyridine rings is 1. The predicted molar refractivity (Wildman–Crippen MR) is 126 cm³/mol. The second kappa shape index (κ2) is 10.9. The number of carbonyl (C=O) groups is 3. The van der Waals surface area contributed by atoms with Gasteiger partial charge in [0.25, 0.3) is 5.91 Å². The van der Waals surface area contributed by atoms with Gasteiger partial charge < -0.3 is 10.0 Å². The lowest BCUT2D eigenvalue weighted by Gasteiger charge is -2.29. The van der Waals surface area contributed by atoms with Crippen molar-refractivity contribution in [2.24, 2.45) is 5.92 Å². The van der Waals surface area contributed by atoms with Crippen molar-refractivity contribution < 1.29 is 37.1 Å². The number of hydrogen-bond donors (Lipinski definition) is 1. The summed E-state index contributed by atoms with van der Waals surface area (Å²) >= 11 is 12.0. The molecule has 0 saturated heterocycles. The van der Waals surface area contributed by atoms with Gasteiger partial charge in [-0.1, -0.05) is 23.2 Å². The van der Waals surface area contributed by atoms with Crippen LogP contribution in [-0.4, -0.2) is 61.2 Å². The number of Topliss-reactive ketones (excluding diaryl/α,β-unsaturated/α-hetero) is 1. The quantitative estimate of drug-likeness (QED) is 0.334. The number of carboxylic acid groups (broad SMARTS) is 1. The van der Waals surface area contributed by atoms with Crippen molar-refractivity contribution in [1.82, 2.24) is 19.7 Å². The average Bonchev–Trinajstić information content (AvgIpc) is 3.23. The Bertz CT molecular complexity index is 1170. The summed E-state index contributed by atoms with van der Waals surface area (Å²) in [6.07, 6.45) is -1.45. The standard InChI is InChI=1S/C23H24Cl2F4N4O4/c1-22(2,26)11-32(10-17(34)18-15(24)8-30-9-16(18)25)20(35)14-7-31-33(19(14)23(27,28)29)13-5-3-12(4-6-13)21(36)37/h7-9,12-13H,3-6,10-11H2,1-2H3,(H,36,37)/t12-,13-. The Morgan fingerprint density at radius 2 is 1.62 bits per heavy atom. The number of aliphatic carboxylic acids is 1. The van der Waals surface area contributed by atoms with Crippen molar-refractivity contribution >= 4 is 40.9 Å². The SMILES string of the molecule is CC(C)(F)CN(CC(=O)c1c(Cl)cncc1Cl)C(=O)c1cnn([C@H]2CC[C@H](C(=O)O)CC2)c1C(F)(F)F. The number of aromatic nitrogens is 3. The van der Waals surface area contributed by atoms with Gasteiger partial charge in [0.05, 0.1) is 52.4 Å². The van der Waals surface area contributed by atoms with E-state index in [9.17, 15) is 31.9 Å². The summed E-state index contributed by atoms with van der Waals surface area (Å²) in [7, 11) is 0. The third kappa shape index (κ3) is 6.78. The first-order chi connectivity index (χ1) is 17.1. The van der Waals surface area contributed by atoms with Gasteiger partial charge in [0.1, 0.15) is 5.67 Å². The van der Waals surface area contributed by atoms with Gasteiger partial charge in [-0.2, -0.15) is 18.3 Å². The highest BCUT2D eigenvalue weighted by Crippen LogP contribution is 2.39. The number of halogens is 6. The zero-order chi connectivity index (χ0) is 27.7. The molecule has 2 aromatic heterocycles. The van der Waals surface area contributed by atoms with Crippen molar-refractivity contribution in [3.05, 3.63) is 45.5 Å². The van der Waals surface area contributed by atoms with Gasteiger partial charge in [0, 0.05) is 12.4 Å². The number of alkyl halides is 4. The molecule has 1 amide bonds. The summed E-state index contributed by atoms with van der Waals surface area (Å²) in [5, 5.41) is 12.7. The van der Waals surface area contributed by atoms with Crippen molar-refractivity contribution in [3.63, 3.8) is 0 Å². The molecule has 0 bridgehead atoms. The van der Waals surface area contributed by atoms with E-state index in [0.29, 0.717) is 9.58 Å². The highest BCUT2D eigenvalue weighted by Gasteiger charge is 2.44. The van der Waals surface area contributed by atoms with E-state index >= 15 is 0 Å². The number of ketones is 1. The largest absolute Gasteiger partial charge is 0.481 e. The Morgan fingerprint density at radius 1 is 1.05 bits per heavy atom. The molecule has 2 aromatic rings. The van der Waals surface area contributed by atoms with Crippen LogP contribution in [0.3, 0.4) is 0 Å².